The maximum absolute atomic E-state index is 8.82. The zero-order valence-corrected chi connectivity index (χ0v) is 30.1. The third kappa shape index (κ3) is 4.31. The molecule has 0 amide bonds. The van der Waals surface area contributed by atoms with E-state index in [1.807, 2.05) is 6.07 Å². The Hall–Kier alpha value is -7.17. The summed E-state index contributed by atoms with van der Waals surface area (Å²) in [5, 5.41) is 13.6. The molecule has 0 saturated carbocycles. The standard InChI is InChI=1S/C51H36N4/c1-32-14-4-3-11-29-51(44-22-12-19-38-36-17-7-9-23-45(36)54(32)49(38)44)42-27-25-33(31-41(42)48-39(50(52)53)20-13-21-43(48)51)34-26-28-47-40(30-34)37-18-8-10-24-46(37)55(47)35-15-5-2-6-16-35/h2-28,30-31H,1,29H2,(H3,52,53)/b11-3-,14-4-. The fourth-order valence-corrected chi connectivity index (χ4v) is 9.72. The van der Waals surface area contributed by atoms with Crippen LogP contribution in [0, 0.1) is 5.41 Å². The number of nitrogen functional groups attached to an aromatic ring is 1. The van der Waals surface area contributed by atoms with Crippen LogP contribution >= 0.6 is 0 Å². The number of nitrogens with zero attached hydrogens (tertiary/aromatic N) is 2. The van der Waals surface area contributed by atoms with E-state index in [1.54, 1.807) is 0 Å². The Kier molecular flexibility index (Phi) is 6.65. The second-order valence-corrected chi connectivity index (χ2v) is 14.8. The van der Waals surface area contributed by atoms with Crippen molar-refractivity contribution in [2.24, 2.45) is 5.73 Å². The van der Waals surface area contributed by atoms with Crippen LogP contribution in [0.5, 0.6) is 0 Å². The van der Waals surface area contributed by atoms with Crippen molar-refractivity contribution in [3.05, 3.63) is 205 Å². The average molecular weight is 705 g/mol. The van der Waals surface area contributed by atoms with Gasteiger partial charge in [-0.05, 0) is 93.9 Å². The third-order valence-corrected chi connectivity index (χ3v) is 12.0. The van der Waals surface area contributed by atoms with Gasteiger partial charge < -0.3 is 14.9 Å². The predicted octanol–water partition coefficient (Wildman–Crippen LogP) is 12.1. The lowest BCUT2D eigenvalue weighted by molar-refractivity contribution is 0.648. The number of para-hydroxylation sites is 4. The van der Waals surface area contributed by atoms with Gasteiger partial charge in [0.25, 0.3) is 0 Å². The molecule has 0 bridgehead atoms. The number of hydrogen-bond donors (Lipinski definition) is 2. The molecule has 0 radical (unpaired) electrons. The highest BCUT2D eigenvalue weighted by Crippen LogP contribution is 2.58. The van der Waals surface area contributed by atoms with Gasteiger partial charge in [-0.1, -0.05) is 134 Å². The molecule has 3 N–H and O–H groups in total. The van der Waals surface area contributed by atoms with Gasteiger partial charge in [-0.3, -0.25) is 5.41 Å². The molecule has 1 unspecified atom stereocenters. The Bertz CT molecular complexity index is 3170. The first kappa shape index (κ1) is 31.4. The summed E-state index contributed by atoms with van der Waals surface area (Å²) in [5.74, 6) is 0.0689. The van der Waals surface area contributed by atoms with E-state index >= 15 is 0 Å². The maximum Gasteiger partial charge on any atom is 0.123 e. The summed E-state index contributed by atoms with van der Waals surface area (Å²) in [6, 6.07) is 54.7. The Labute approximate surface area is 318 Å². The van der Waals surface area contributed by atoms with Crippen molar-refractivity contribution in [3.63, 3.8) is 0 Å². The van der Waals surface area contributed by atoms with Crippen molar-refractivity contribution in [2.45, 2.75) is 11.8 Å². The first-order valence-corrected chi connectivity index (χ1v) is 18.8. The minimum absolute atomic E-state index is 0.0689. The van der Waals surface area contributed by atoms with Crippen LogP contribution in [0.15, 0.2) is 183 Å². The van der Waals surface area contributed by atoms with E-state index in [1.165, 1.54) is 43.7 Å². The zero-order valence-electron chi connectivity index (χ0n) is 30.1. The summed E-state index contributed by atoms with van der Waals surface area (Å²) in [7, 11) is 0. The molecule has 260 valence electrons. The van der Waals surface area contributed by atoms with Crippen molar-refractivity contribution >= 4 is 55.1 Å². The summed E-state index contributed by atoms with van der Waals surface area (Å²) in [5.41, 5.74) is 21.4. The quantitative estimate of drug-likeness (QED) is 0.140. The van der Waals surface area contributed by atoms with Gasteiger partial charge in [0.15, 0.2) is 0 Å². The van der Waals surface area contributed by atoms with Crippen LogP contribution in [-0.4, -0.2) is 15.0 Å². The number of fused-ring (bicyclic) bond motifs is 12. The number of rotatable bonds is 3. The summed E-state index contributed by atoms with van der Waals surface area (Å²) in [6.45, 7) is 4.58. The van der Waals surface area contributed by atoms with Crippen molar-refractivity contribution in [1.82, 2.24) is 9.13 Å². The minimum atomic E-state index is -0.560. The molecule has 2 aliphatic rings. The van der Waals surface area contributed by atoms with Gasteiger partial charge in [0.05, 0.1) is 27.5 Å². The van der Waals surface area contributed by atoms with Crippen molar-refractivity contribution < 1.29 is 0 Å². The molecule has 1 spiro atoms. The molecule has 7 aromatic carbocycles. The molecule has 4 nitrogen and oxygen atoms in total. The van der Waals surface area contributed by atoms with Crippen LogP contribution in [0.2, 0.25) is 0 Å². The van der Waals surface area contributed by atoms with Gasteiger partial charge in [-0.2, -0.15) is 0 Å². The highest BCUT2D eigenvalue weighted by atomic mass is 15.0. The molecule has 1 aliphatic heterocycles. The van der Waals surface area contributed by atoms with Crippen molar-refractivity contribution in [3.8, 4) is 27.9 Å². The summed E-state index contributed by atoms with van der Waals surface area (Å²) >= 11 is 0. The van der Waals surface area contributed by atoms with Gasteiger partial charge in [0.2, 0.25) is 0 Å². The fourth-order valence-electron chi connectivity index (χ4n) is 9.72. The summed E-state index contributed by atoms with van der Waals surface area (Å²) in [6.07, 6.45) is 9.36. The van der Waals surface area contributed by atoms with E-state index < -0.39 is 5.41 Å². The van der Waals surface area contributed by atoms with Crippen molar-refractivity contribution in [2.75, 3.05) is 0 Å². The zero-order chi connectivity index (χ0) is 36.8. The molecule has 55 heavy (non-hydrogen) atoms. The van der Waals surface area contributed by atoms with Gasteiger partial charge in [0.1, 0.15) is 5.84 Å². The lowest BCUT2D eigenvalue weighted by Gasteiger charge is -2.33. The van der Waals surface area contributed by atoms with Crippen LogP contribution in [-0.2, 0) is 5.41 Å². The average Bonchev–Trinajstić information content (AvgIpc) is 3.85. The van der Waals surface area contributed by atoms with E-state index in [0.717, 1.165) is 62.2 Å². The van der Waals surface area contributed by atoms with E-state index in [9.17, 15) is 0 Å². The van der Waals surface area contributed by atoms with Gasteiger partial charge in [0, 0.05) is 38.5 Å². The lowest BCUT2D eigenvalue weighted by Crippen LogP contribution is -2.27. The normalized spacial score (nSPS) is 17.2. The van der Waals surface area contributed by atoms with Crippen LogP contribution in [0.25, 0.3) is 77.2 Å². The Morgan fingerprint density at radius 3 is 2.05 bits per heavy atom. The number of allylic oxidation sites excluding steroid dienone is 5. The van der Waals surface area contributed by atoms with E-state index in [2.05, 4.69) is 186 Å². The van der Waals surface area contributed by atoms with Gasteiger partial charge in [-0.15, -0.1) is 0 Å². The van der Waals surface area contributed by atoms with Crippen molar-refractivity contribution in [1.29, 1.82) is 5.41 Å². The first-order chi connectivity index (χ1) is 27.0. The van der Waals surface area contributed by atoms with E-state index in [4.69, 9.17) is 11.1 Å². The van der Waals surface area contributed by atoms with Gasteiger partial charge >= 0.3 is 0 Å². The number of amidine groups is 1. The second-order valence-electron chi connectivity index (χ2n) is 14.8. The Morgan fingerprint density at radius 2 is 1.24 bits per heavy atom. The van der Waals surface area contributed by atoms with E-state index in [0.29, 0.717) is 0 Å². The minimum Gasteiger partial charge on any atom is -0.384 e. The molecule has 1 atom stereocenters. The Balaban J connectivity index is 1.20. The number of nitrogens with two attached hydrogens (primary N) is 1. The summed E-state index contributed by atoms with van der Waals surface area (Å²) in [4.78, 5) is 0. The van der Waals surface area contributed by atoms with Crippen LogP contribution in [0.3, 0.4) is 0 Å². The monoisotopic (exact) mass is 704 g/mol. The highest BCUT2D eigenvalue weighted by molar-refractivity contribution is 6.14. The molecule has 11 rings (SSSR count). The fraction of sp³-hybridized carbons (Fsp3) is 0.0392. The van der Waals surface area contributed by atoms with Gasteiger partial charge in [-0.25, -0.2) is 0 Å². The topological polar surface area (TPSA) is 59.7 Å². The van der Waals surface area contributed by atoms with Crippen LogP contribution < -0.4 is 5.73 Å². The molecule has 1 aliphatic carbocycles. The third-order valence-electron chi connectivity index (χ3n) is 12.0. The molecular weight excluding hydrogens is 669 g/mol. The number of benzene rings is 7. The molecule has 9 aromatic rings. The first-order valence-electron chi connectivity index (χ1n) is 18.8. The number of nitrogens with one attached hydrogen (secondary N) is 1. The smallest absolute Gasteiger partial charge is 0.123 e. The maximum atomic E-state index is 8.82. The number of aromatic nitrogens is 2. The molecule has 4 heteroatoms. The largest absolute Gasteiger partial charge is 0.384 e. The second kappa shape index (κ2) is 11.7. The lowest BCUT2D eigenvalue weighted by atomic mass is 9.69. The molecular formula is C51H36N4. The highest BCUT2D eigenvalue weighted by Gasteiger charge is 2.46. The number of hydrogen-bond acceptors (Lipinski definition) is 1. The summed E-state index contributed by atoms with van der Waals surface area (Å²) < 4.78 is 4.69. The predicted molar refractivity (Wildman–Crippen MR) is 230 cm³/mol. The van der Waals surface area contributed by atoms with Crippen LogP contribution in [0.4, 0.5) is 0 Å². The molecule has 0 fully saturated rings. The van der Waals surface area contributed by atoms with Crippen LogP contribution in [0.1, 0.15) is 28.7 Å². The molecule has 2 aromatic heterocycles. The SMILES string of the molecule is C=C1/C=C\C=C/CC2(c3ccc(-c4ccc5c(c4)c4ccccc4n5-c4ccccc4)cc3-c3c(C(=N)N)cccc32)c2cccc3c4ccccc4n1c23. The molecule has 3 heterocycles. The molecule has 0 saturated heterocycles. The van der Waals surface area contributed by atoms with E-state index in [-0.39, 0.29) is 5.84 Å². The Morgan fingerprint density at radius 1 is 0.582 bits per heavy atom.